The summed E-state index contributed by atoms with van der Waals surface area (Å²) in [5.41, 5.74) is 0. The van der Waals surface area contributed by atoms with Crippen LogP contribution in [0.25, 0.3) is 0 Å². The lowest BCUT2D eigenvalue weighted by Gasteiger charge is -2.20. The summed E-state index contributed by atoms with van der Waals surface area (Å²) in [6, 6.07) is 1.54. The van der Waals surface area contributed by atoms with E-state index >= 15 is 0 Å². The van der Waals surface area contributed by atoms with Crippen LogP contribution < -0.4 is 0 Å². The lowest BCUT2D eigenvalue weighted by atomic mass is 9.92. The van der Waals surface area contributed by atoms with Gasteiger partial charge in [0.2, 0.25) is 0 Å². The van der Waals surface area contributed by atoms with Crippen LogP contribution in [0.3, 0.4) is 0 Å². The molecule has 60 valence electrons. The van der Waals surface area contributed by atoms with Crippen LogP contribution in [-0.4, -0.2) is 24.0 Å². The number of nitrogens with zero attached hydrogens (tertiary/aromatic N) is 1. The second-order valence-corrected chi connectivity index (χ2v) is 3.86. The van der Waals surface area contributed by atoms with Gasteiger partial charge >= 0.3 is 0 Å². The summed E-state index contributed by atoms with van der Waals surface area (Å²) in [6.07, 6.45) is 0. The van der Waals surface area contributed by atoms with Gasteiger partial charge in [0.25, 0.3) is 0 Å². The molecule has 0 aliphatic carbocycles. The average Bonchev–Trinajstić information content (AvgIpc) is 2.07. The molecule has 0 amide bonds. The second kappa shape index (κ2) is 2.54. The van der Waals surface area contributed by atoms with Gasteiger partial charge in [0.15, 0.2) is 0 Å². The Balaban J connectivity index is 2.68. The van der Waals surface area contributed by atoms with E-state index in [0.29, 0.717) is 0 Å². The molecule has 1 unspecified atom stereocenters. The molecule has 0 spiro atoms. The highest BCUT2D eigenvalue weighted by Gasteiger charge is 2.36. The topological polar surface area (TPSA) is 3.24 Å². The van der Waals surface area contributed by atoms with Crippen LogP contribution in [0.5, 0.6) is 0 Å². The molecule has 1 rings (SSSR count). The Hall–Kier alpha value is -0.0400. The first-order valence-electron chi connectivity index (χ1n) is 4.27. The average molecular weight is 141 g/mol. The highest BCUT2D eigenvalue weighted by molar-refractivity contribution is 4.89. The number of rotatable bonds is 0. The summed E-state index contributed by atoms with van der Waals surface area (Å²) in [6.45, 7) is 9.36. The van der Waals surface area contributed by atoms with Crippen molar-refractivity contribution >= 4 is 0 Å². The largest absolute Gasteiger partial charge is 0.300 e. The van der Waals surface area contributed by atoms with E-state index in [9.17, 15) is 0 Å². The minimum atomic E-state index is 0.769. The van der Waals surface area contributed by atoms with Crippen LogP contribution in [0.2, 0.25) is 0 Å². The molecule has 0 N–H and O–H groups in total. The minimum Gasteiger partial charge on any atom is -0.300 e. The van der Waals surface area contributed by atoms with Gasteiger partial charge in [-0.25, -0.2) is 0 Å². The van der Waals surface area contributed by atoms with Gasteiger partial charge in [0.1, 0.15) is 0 Å². The van der Waals surface area contributed by atoms with Gasteiger partial charge in [-0.3, -0.25) is 0 Å². The fourth-order valence-corrected chi connectivity index (χ4v) is 1.99. The smallest absolute Gasteiger partial charge is 0.00955 e. The highest BCUT2D eigenvalue weighted by atomic mass is 15.2. The summed E-state index contributed by atoms with van der Waals surface area (Å²) in [7, 11) is 2.23. The molecule has 0 aromatic carbocycles. The van der Waals surface area contributed by atoms with E-state index in [-0.39, 0.29) is 0 Å². The summed E-state index contributed by atoms with van der Waals surface area (Å²) in [4.78, 5) is 2.48. The number of likely N-dealkylation sites (tertiary alicyclic amines) is 1. The first kappa shape index (κ1) is 8.06. The van der Waals surface area contributed by atoms with E-state index in [1.165, 1.54) is 0 Å². The van der Waals surface area contributed by atoms with Gasteiger partial charge < -0.3 is 4.90 Å². The lowest BCUT2D eigenvalue weighted by molar-refractivity contribution is 0.248. The number of hydrogen-bond donors (Lipinski definition) is 0. The predicted octanol–water partition coefficient (Wildman–Crippen LogP) is 1.98. The molecule has 0 radical (unpaired) electrons. The zero-order chi connectivity index (χ0) is 7.89. The predicted molar refractivity (Wildman–Crippen MR) is 45.0 cm³/mol. The standard InChI is InChI=1S/C9H19N/c1-6-7(2)9(4)10(5)8(6)3/h6-9H,1-5H3/t6-,7+,8-,9?/m0/s1. The van der Waals surface area contributed by atoms with Gasteiger partial charge in [-0.1, -0.05) is 13.8 Å². The van der Waals surface area contributed by atoms with Crippen molar-refractivity contribution in [2.75, 3.05) is 7.05 Å². The third kappa shape index (κ3) is 0.968. The van der Waals surface area contributed by atoms with Gasteiger partial charge in [-0.15, -0.1) is 0 Å². The Bertz CT molecular complexity index is 77.1. The Morgan fingerprint density at radius 1 is 0.800 bits per heavy atom. The molecule has 0 aromatic heterocycles. The van der Waals surface area contributed by atoms with Crippen molar-refractivity contribution in [2.45, 2.75) is 39.8 Å². The van der Waals surface area contributed by atoms with Crippen LogP contribution in [-0.2, 0) is 0 Å². The SMILES string of the molecule is CC1[C@H](C)[C@H](C)[C@H](C)N1C. The van der Waals surface area contributed by atoms with Crippen molar-refractivity contribution in [1.82, 2.24) is 4.90 Å². The quantitative estimate of drug-likeness (QED) is 0.498. The Labute approximate surface area is 64.4 Å². The zero-order valence-corrected chi connectivity index (χ0v) is 7.76. The molecule has 1 aliphatic rings. The Morgan fingerprint density at radius 3 is 1.20 bits per heavy atom. The van der Waals surface area contributed by atoms with Crippen molar-refractivity contribution < 1.29 is 0 Å². The van der Waals surface area contributed by atoms with E-state index in [4.69, 9.17) is 0 Å². The van der Waals surface area contributed by atoms with Crippen molar-refractivity contribution in [2.24, 2.45) is 11.8 Å². The maximum atomic E-state index is 2.48. The van der Waals surface area contributed by atoms with Crippen molar-refractivity contribution in [3.63, 3.8) is 0 Å². The van der Waals surface area contributed by atoms with Crippen LogP contribution in [0.15, 0.2) is 0 Å². The van der Waals surface area contributed by atoms with Crippen molar-refractivity contribution in [1.29, 1.82) is 0 Å². The molecule has 1 nitrogen and oxygen atoms in total. The second-order valence-electron chi connectivity index (χ2n) is 3.86. The monoisotopic (exact) mass is 141 g/mol. The zero-order valence-electron chi connectivity index (χ0n) is 7.76. The maximum Gasteiger partial charge on any atom is 0.00955 e. The molecule has 4 atom stereocenters. The summed E-state index contributed by atoms with van der Waals surface area (Å²) in [5, 5.41) is 0. The van der Waals surface area contributed by atoms with Crippen LogP contribution in [0.4, 0.5) is 0 Å². The third-order valence-electron chi connectivity index (χ3n) is 3.64. The molecule has 0 bridgehead atoms. The summed E-state index contributed by atoms with van der Waals surface area (Å²) < 4.78 is 0. The van der Waals surface area contributed by atoms with Gasteiger partial charge in [-0.2, -0.15) is 0 Å². The fraction of sp³-hybridized carbons (Fsp3) is 1.00. The first-order valence-corrected chi connectivity index (χ1v) is 4.27. The molecule has 1 heteroatoms. The highest BCUT2D eigenvalue weighted by Crippen LogP contribution is 2.32. The van der Waals surface area contributed by atoms with Gasteiger partial charge in [0, 0.05) is 12.1 Å². The first-order chi connectivity index (χ1) is 4.55. The van der Waals surface area contributed by atoms with E-state index in [0.717, 1.165) is 23.9 Å². The Kier molecular flexibility index (Phi) is 2.04. The molecule has 1 heterocycles. The molecule has 1 saturated heterocycles. The summed E-state index contributed by atoms with van der Waals surface area (Å²) >= 11 is 0. The van der Waals surface area contributed by atoms with Crippen molar-refractivity contribution in [3.8, 4) is 0 Å². The van der Waals surface area contributed by atoms with E-state index < -0.39 is 0 Å². The molecule has 0 saturated carbocycles. The minimum absolute atomic E-state index is 0.769. The molecule has 0 aromatic rings. The number of hydrogen-bond acceptors (Lipinski definition) is 1. The van der Waals surface area contributed by atoms with Gasteiger partial charge in [-0.05, 0) is 32.7 Å². The van der Waals surface area contributed by atoms with Crippen LogP contribution in [0, 0.1) is 11.8 Å². The molecule has 10 heavy (non-hydrogen) atoms. The summed E-state index contributed by atoms with van der Waals surface area (Å²) in [5.74, 6) is 1.72. The van der Waals surface area contributed by atoms with E-state index in [1.54, 1.807) is 0 Å². The normalized spacial score (nSPS) is 50.1. The fourth-order valence-electron chi connectivity index (χ4n) is 1.99. The van der Waals surface area contributed by atoms with Crippen LogP contribution in [0.1, 0.15) is 27.7 Å². The maximum absolute atomic E-state index is 2.48. The molecular weight excluding hydrogens is 122 g/mol. The molecular formula is C9H19N. The van der Waals surface area contributed by atoms with E-state index in [2.05, 4.69) is 39.6 Å². The Morgan fingerprint density at radius 2 is 1.10 bits per heavy atom. The molecule has 1 aliphatic heterocycles. The van der Waals surface area contributed by atoms with E-state index in [1.807, 2.05) is 0 Å². The van der Waals surface area contributed by atoms with Crippen LogP contribution >= 0.6 is 0 Å². The van der Waals surface area contributed by atoms with Gasteiger partial charge in [0.05, 0.1) is 0 Å². The molecule has 1 fully saturated rings. The van der Waals surface area contributed by atoms with Crippen molar-refractivity contribution in [3.05, 3.63) is 0 Å². The third-order valence-corrected chi connectivity index (χ3v) is 3.64. The lowest BCUT2D eigenvalue weighted by Crippen LogP contribution is -2.29.